The molecule has 264 valence electrons. The molecule has 46 heavy (non-hydrogen) atoms. The fourth-order valence-corrected chi connectivity index (χ4v) is 8.30. The molecule has 1 N–H and O–H groups in total. The van der Waals surface area contributed by atoms with Gasteiger partial charge in [-0.1, -0.05) is 39.8 Å². The number of aliphatic hydroxyl groups is 1. The van der Waals surface area contributed by atoms with E-state index in [9.17, 15) is 19.5 Å². The smallest absolute Gasteiger partial charge is 0.316 e. The van der Waals surface area contributed by atoms with Crippen LogP contribution in [-0.4, -0.2) is 111 Å². The Morgan fingerprint density at radius 3 is 2.17 bits per heavy atom. The largest absolute Gasteiger partial charge is 0.458 e. The molecule has 11 nitrogen and oxygen atoms in total. The zero-order valence-corrected chi connectivity index (χ0v) is 30.0. The highest BCUT2D eigenvalue weighted by molar-refractivity contribution is 6.00. The number of methoxy groups -OCH3 is 2. The van der Waals surface area contributed by atoms with Crippen LogP contribution in [0.2, 0.25) is 0 Å². The summed E-state index contributed by atoms with van der Waals surface area (Å²) in [6.07, 6.45) is -1.60. The van der Waals surface area contributed by atoms with Crippen molar-refractivity contribution < 1.29 is 47.9 Å². The molecule has 3 saturated heterocycles. The Balaban J connectivity index is 2.14. The van der Waals surface area contributed by atoms with Crippen molar-refractivity contribution in [3.63, 3.8) is 0 Å². The molecule has 0 bridgehead atoms. The highest BCUT2D eigenvalue weighted by Crippen LogP contribution is 2.49. The SMILES string of the molecule is C=C1C(C)C2C(CO)C(=O)O[C@]2(C)[C@@H](CC)OC(=O)[C@H](C)C(=O)[C@H](C)[C@@H](O[C@@H]2O[C@H](C)C[C@H](N(C)C)[C@H]2OC)[C@](C)(OC)C[C@H]1C. The summed E-state index contributed by atoms with van der Waals surface area (Å²) in [6.45, 7) is 18.8. The van der Waals surface area contributed by atoms with Crippen LogP contribution in [0, 0.1) is 35.5 Å². The number of esters is 2. The molecule has 3 heterocycles. The molecule has 0 aromatic heterocycles. The van der Waals surface area contributed by atoms with E-state index in [1.165, 1.54) is 6.92 Å². The lowest BCUT2D eigenvalue weighted by Crippen LogP contribution is -2.59. The van der Waals surface area contributed by atoms with Gasteiger partial charge in [-0.2, -0.15) is 0 Å². The number of hydrogen-bond acceptors (Lipinski definition) is 11. The van der Waals surface area contributed by atoms with Gasteiger partial charge in [0.25, 0.3) is 0 Å². The standard InChI is InChI=1S/C35H59NO10/c1-14-26-35(9)27(24(17-37)32(40)46-35)21(5)20(4)18(2)16-34(8,42-13)30(22(6)28(38)23(7)31(39)44-26)45-33-29(41-12)25(36(10)11)15-19(3)43-33/h18-19,21-27,29-30,33,37H,4,14-17H2,1-3,5-13H3/t18-,19-,21?,22+,23-,24?,25+,26-,27?,29-,30-,33+,34-,35-/m1/s1. The van der Waals surface area contributed by atoms with Crippen LogP contribution in [-0.2, 0) is 42.8 Å². The maximum atomic E-state index is 14.2. The third kappa shape index (κ3) is 7.25. The molecule has 0 aromatic rings. The minimum absolute atomic E-state index is 0.00150. The van der Waals surface area contributed by atoms with Gasteiger partial charge in [0, 0.05) is 32.1 Å². The second kappa shape index (κ2) is 15.1. The predicted octanol–water partition coefficient (Wildman–Crippen LogP) is 3.79. The van der Waals surface area contributed by atoms with Crippen molar-refractivity contribution in [2.75, 3.05) is 34.9 Å². The number of fused-ring (bicyclic) bond motifs is 1. The van der Waals surface area contributed by atoms with E-state index in [-0.39, 0.29) is 29.8 Å². The molecule has 3 fully saturated rings. The normalized spacial score (nSPS) is 44.8. The highest BCUT2D eigenvalue weighted by atomic mass is 16.7. The number of aliphatic hydroxyl groups excluding tert-OH is 1. The molecule has 0 amide bonds. The number of ketones is 1. The summed E-state index contributed by atoms with van der Waals surface area (Å²) in [5, 5.41) is 10.3. The van der Waals surface area contributed by atoms with Gasteiger partial charge < -0.3 is 38.4 Å². The Morgan fingerprint density at radius 2 is 1.65 bits per heavy atom. The summed E-state index contributed by atoms with van der Waals surface area (Å²) in [5.41, 5.74) is -1.46. The number of nitrogens with zero attached hydrogens (tertiary/aromatic N) is 1. The van der Waals surface area contributed by atoms with Gasteiger partial charge in [-0.3, -0.25) is 14.4 Å². The van der Waals surface area contributed by atoms with Gasteiger partial charge in [-0.05, 0) is 72.9 Å². The molecular formula is C35H59NO10. The number of cyclic esters (lactones) is 1. The number of carbonyl (C=O) groups excluding carboxylic acids is 3. The minimum Gasteiger partial charge on any atom is -0.458 e. The second-order valence-corrected chi connectivity index (χ2v) is 14.5. The first kappa shape index (κ1) is 38.6. The van der Waals surface area contributed by atoms with Crippen LogP contribution in [0.4, 0.5) is 0 Å². The van der Waals surface area contributed by atoms with E-state index in [4.69, 9.17) is 28.4 Å². The van der Waals surface area contributed by atoms with Crippen LogP contribution in [0.15, 0.2) is 12.2 Å². The first-order chi connectivity index (χ1) is 21.4. The van der Waals surface area contributed by atoms with Gasteiger partial charge in [0.05, 0.1) is 30.3 Å². The van der Waals surface area contributed by atoms with Crippen LogP contribution in [0.1, 0.15) is 74.7 Å². The van der Waals surface area contributed by atoms with E-state index in [1.54, 1.807) is 28.1 Å². The van der Waals surface area contributed by atoms with E-state index >= 15 is 0 Å². The first-order valence-corrected chi connectivity index (χ1v) is 16.7. The summed E-state index contributed by atoms with van der Waals surface area (Å²) >= 11 is 0. The summed E-state index contributed by atoms with van der Waals surface area (Å²) < 4.78 is 37.3. The molecule has 0 aliphatic carbocycles. The average molecular weight is 654 g/mol. The van der Waals surface area contributed by atoms with Crippen molar-refractivity contribution in [2.24, 2.45) is 35.5 Å². The fraction of sp³-hybridized carbons (Fsp3) is 0.857. The van der Waals surface area contributed by atoms with E-state index < -0.39 is 78.0 Å². The van der Waals surface area contributed by atoms with Gasteiger partial charge in [-0.25, -0.2) is 0 Å². The van der Waals surface area contributed by atoms with Crippen molar-refractivity contribution in [2.45, 2.75) is 123 Å². The van der Waals surface area contributed by atoms with Crippen LogP contribution in [0.25, 0.3) is 0 Å². The van der Waals surface area contributed by atoms with Gasteiger partial charge in [0.2, 0.25) is 0 Å². The lowest BCUT2D eigenvalue weighted by molar-refractivity contribution is -0.299. The van der Waals surface area contributed by atoms with E-state index in [0.717, 1.165) is 12.0 Å². The van der Waals surface area contributed by atoms with Gasteiger partial charge in [0.15, 0.2) is 17.7 Å². The van der Waals surface area contributed by atoms with Gasteiger partial charge in [-0.15, -0.1) is 0 Å². The van der Waals surface area contributed by atoms with Crippen LogP contribution < -0.4 is 0 Å². The Kier molecular flexibility index (Phi) is 12.7. The lowest BCUT2D eigenvalue weighted by atomic mass is 9.66. The molecule has 0 radical (unpaired) electrons. The lowest BCUT2D eigenvalue weighted by Gasteiger charge is -2.48. The molecule has 3 aliphatic rings. The number of rotatable bonds is 7. The molecule has 3 rings (SSSR count). The molecular weight excluding hydrogens is 594 g/mol. The van der Waals surface area contributed by atoms with Crippen molar-refractivity contribution in [3.05, 3.63) is 12.2 Å². The topological polar surface area (TPSA) is 130 Å². The summed E-state index contributed by atoms with van der Waals surface area (Å²) in [5.74, 6) is -5.42. The molecule has 0 spiro atoms. The number of hydrogen-bond donors (Lipinski definition) is 1. The number of ether oxygens (including phenoxy) is 6. The second-order valence-electron chi connectivity index (χ2n) is 14.5. The van der Waals surface area contributed by atoms with Crippen molar-refractivity contribution in [1.82, 2.24) is 4.90 Å². The van der Waals surface area contributed by atoms with E-state index in [0.29, 0.717) is 12.8 Å². The summed E-state index contributed by atoms with van der Waals surface area (Å²) in [6, 6.07) is 0.00150. The monoisotopic (exact) mass is 653 g/mol. The molecule has 0 saturated carbocycles. The maximum absolute atomic E-state index is 14.2. The van der Waals surface area contributed by atoms with Gasteiger partial charge >= 0.3 is 11.9 Å². The van der Waals surface area contributed by atoms with E-state index in [2.05, 4.69) is 11.5 Å². The molecule has 3 unspecified atom stereocenters. The molecule has 14 atom stereocenters. The zero-order valence-electron chi connectivity index (χ0n) is 30.0. The third-order valence-corrected chi connectivity index (χ3v) is 11.2. The van der Waals surface area contributed by atoms with Gasteiger partial charge in [0.1, 0.15) is 18.1 Å². The summed E-state index contributed by atoms with van der Waals surface area (Å²) in [7, 11) is 7.18. The average Bonchev–Trinajstić information content (AvgIpc) is 3.28. The number of allylic oxidation sites excluding steroid dienone is 1. The Hall–Kier alpha value is -1.89. The highest BCUT2D eigenvalue weighted by Gasteiger charge is 2.60. The number of carbonyl (C=O) groups is 3. The molecule has 3 aliphatic heterocycles. The minimum atomic E-state index is -1.24. The Morgan fingerprint density at radius 1 is 1.02 bits per heavy atom. The number of likely N-dealkylation sites (N-methyl/N-ethyl adjacent to an activating group) is 1. The third-order valence-electron chi connectivity index (χ3n) is 11.2. The zero-order chi connectivity index (χ0) is 34.9. The van der Waals surface area contributed by atoms with Crippen molar-refractivity contribution in [3.8, 4) is 0 Å². The Bertz CT molecular complexity index is 1110. The maximum Gasteiger partial charge on any atom is 0.316 e. The van der Waals surface area contributed by atoms with Crippen LogP contribution >= 0.6 is 0 Å². The summed E-state index contributed by atoms with van der Waals surface area (Å²) in [4.78, 5) is 43.0. The fourth-order valence-electron chi connectivity index (χ4n) is 8.30. The quantitative estimate of drug-likeness (QED) is 0.245. The predicted molar refractivity (Wildman–Crippen MR) is 172 cm³/mol. The molecule has 11 heteroatoms. The molecule has 0 aromatic carbocycles. The first-order valence-electron chi connectivity index (χ1n) is 16.7. The Labute approximate surface area is 275 Å². The van der Waals surface area contributed by atoms with E-state index in [1.807, 2.05) is 48.7 Å². The van der Waals surface area contributed by atoms with Crippen molar-refractivity contribution >= 4 is 17.7 Å². The van der Waals surface area contributed by atoms with Crippen LogP contribution in [0.5, 0.6) is 0 Å². The van der Waals surface area contributed by atoms with Crippen molar-refractivity contribution in [1.29, 1.82) is 0 Å². The number of Topliss-reactive ketones (excluding diaryl/α,β-unsaturated/α-hetero) is 1. The van der Waals surface area contributed by atoms with Crippen LogP contribution in [0.3, 0.4) is 0 Å².